The van der Waals surface area contributed by atoms with E-state index in [1.165, 1.54) is 5.56 Å². The van der Waals surface area contributed by atoms with Crippen LogP contribution in [0.4, 0.5) is 0 Å². The van der Waals surface area contributed by atoms with Crippen LogP contribution in [0, 0.1) is 26.7 Å². The third kappa shape index (κ3) is 2.88. The third-order valence-corrected chi connectivity index (χ3v) is 5.56. The summed E-state index contributed by atoms with van der Waals surface area (Å²) in [5.74, 6) is -0.281. The first-order chi connectivity index (χ1) is 12.4. The van der Waals surface area contributed by atoms with E-state index in [9.17, 15) is 9.59 Å². The monoisotopic (exact) mass is 356 g/mol. The predicted octanol–water partition coefficient (Wildman–Crippen LogP) is 1.87. The molecule has 2 atom stereocenters. The number of fused-ring (bicyclic) bond motifs is 4. The fourth-order valence-corrected chi connectivity index (χ4v) is 4.02. The van der Waals surface area contributed by atoms with Crippen LogP contribution in [0.1, 0.15) is 22.3 Å². The van der Waals surface area contributed by atoms with E-state index in [0.717, 1.165) is 27.7 Å². The molecule has 0 unspecified atom stereocenters. The molecule has 2 amide bonds. The molecule has 138 valence electrons. The van der Waals surface area contributed by atoms with Crippen molar-refractivity contribution in [2.24, 2.45) is 5.92 Å². The van der Waals surface area contributed by atoms with E-state index >= 15 is 0 Å². The van der Waals surface area contributed by atoms with Gasteiger partial charge in [-0.25, -0.2) is 0 Å². The van der Waals surface area contributed by atoms with Gasteiger partial charge in [-0.2, -0.15) is 0 Å². The van der Waals surface area contributed by atoms with E-state index < -0.39 is 0 Å². The molecule has 1 N–H and O–H groups in total. The Kier molecular flexibility index (Phi) is 4.23. The van der Waals surface area contributed by atoms with Crippen LogP contribution in [-0.2, 0) is 20.7 Å². The fraction of sp³-hybridized carbons (Fsp3) is 0.500. The summed E-state index contributed by atoms with van der Waals surface area (Å²) in [6.45, 7) is 7.89. The molecule has 0 aliphatic carbocycles. The summed E-state index contributed by atoms with van der Waals surface area (Å²) in [5.41, 5.74) is 5.20. The van der Waals surface area contributed by atoms with Crippen molar-refractivity contribution in [1.29, 1.82) is 0 Å². The molecule has 2 aliphatic heterocycles. The van der Waals surface area contributed by atoms with Gasteiger partial charge in [-0.1, -0.05) is 6.07 Å². The Morgan fingerprint density at radius 1 is 1.23 bits per heavy atom. The van der Waals surface area contributed by atoms with Crippen LogP contribution in [-0.4, -0.2) is 49.1 Å². The van der Waals surface area contributed by atoms with Crippen LogP contribution in [0.15, 0.2) is 16.7 Å². The van der Waals surface area contributed by atoms with Crippen molar-refractivity contribution < 1.29 is 18.7 Å². The molecule has 2 bridgehead atoms. The molecule has 2 aliphatic rings. The number of amides is 2. The van der Waals surface area contributed by atoms with Crippen molar-refractivity contribution in [2.75, 3.05) is 26.3 Å². The van der Waals surface area contributed by atoms with Crippen molar-refractivity contribution in [3.8, 4) is 0 Å². The second-order valence-electron chi connectivity index (χ2n) is 7.52. The maximum Gasteiger partial charge on any atom is 0.227 e. The van der Waals surface area contributed by atoms with Gasteiger partial charge in [0, 0.05) is 24.0 Å². The number of hydrogen-bond acceptors (Lipinski definition) is 4. The molecule has 2 fully saturated rings. The smallest absolute Gasteiger partial charge is 0.227 e. The van der Waals surface area contributed by atoms with Gasteiger partial charge in [-0.05, 0) is 37.5 Å². The largest absolute Gasteiger partial charge is 0.464 e. The molecule has 6 heteroatoms. The van der Waals surface area contributed by atoms with Gasteiger partial charge in [-0.15, -0.1) is 0 Å². The van der Waals surface area contributed by atoms with E-state index in [4.69, 9.17) is 9.15 Å². The third-order valence-electron chi connectivity index (χ3n) is 5.56. The van der Waals surface area contributed by atoms with Gasteiger partial charge in [0.05, 0.1) is 37.9 Å². The lowest BCUT2D eigenvalue weighted by molar-refractivity contribution is -0.132. The Bertz CT molecular complexity index is 886. The predicted molar refractivity (Wildman–Crippen MR) is 96.9 cm³/mol. The quantitative estimate of drug-likeness (QED) is 0.892. The summed E-state index contributed by atoms with van der Waals surface area (Å²) in [5, 5.41) is 4.00. The highest BCUT2D eigenvalue weighted by molar-refractivity contribution is 5.92. The van der Waals surface area contributed by atoms with Crippen LogP contribution < -0.4 is 5.32 Å². The van der Waals surface area contributed by atoms with Gasteiger partial charge in [0.1, 0.15) is 5.58 Å². The fourth-order valence-electron chi connectivity index (χ4n) is 4.02. The van der Waals surface area contributed by atoms with Crippen LogP contribution in [0.5, 0.6) is 0 Å². The summed E-state index contributed by atoms with van der Waals surface area (Å²) in [6, 6.07) is 2.00. The summed E-state index contributed by atoms with van der Waals surface area (Å²) < 4.78 is 11.3. The molecule has 2 aromatic rings. The summed E-state index contributed by atoms with van der Waals surface area (Å²) >= 11 is 0. The number of furan rings is 1. The van der Waals surface area contributed by atoms with Gasteiger partial charge in [0.2, 0.25) is 11.8 Å². The highest BCUT2D eigenvalue weighted by Gasteiger charge is 2.35. The average molecular weight is 356 g/mol. The maximum atomic E-state index is 13.0. The number of hydrogen-bond donors (Lipinski definition) is 1. The molecule has 3 heterocycles. The van der Waals surface area contributed by atoms with Gasteiger partial charge < -0.3 is 19.4 Å². The molecule has 26 heavy (non-hydrogen) atoms. The number of benzene rings is 1. The van der Waals surface area contributed by atoms with Gasteiger partial charge in [-0.3, -0.25) is 9.59 Å². The van der Waals surface area contributed by atoms with Crippen molar-refractivity contribution in [3.63, 3.8) is 0 Å². The second-order valence-corrected chi connectivity index (χ2v) is 7.52. The molecule has 1 aromatic carbocycles. The number of ether oxygens (including phenoxy) is 1. The Labute approximate surface area is 152 Å². The first-order valence-electron chi connectivity index (χ1n) is 9.06. The van der Waals surface area contributed by atoms with Crippen LogP contribution in [0.2, 0.25) is 0 Å². The topological polar surface area (TPSA) is 71.8 Å². The molecule has 4 rings (SSSR count). The minimum Gasteiger partial charge on any atom is -0.464 e. The first kappa shape index (κ1) is 17.1. The summed E-state index contributed by atoms with van der Waals surface area (Å²) in [6.07, 6.45) is 1.98. The number of carbonyl (C=O) groups excluding carboxylic acids is 2. The number of nitrogens with zero attached hydrogens (tertiary/aromatic N) is 1. The maximum absolute atomic E-state index is 13.0. The lowest BCUT2D eigenvalue weighted by Gasteiger charge is -2.27. The Morgan fingerprint density at radius 2 is 2.04 bits per heavy atom. The lowest BCUT2D eigenvalue weighted by Crippen LogP contribution is -2.44. The van der Waals surface area contributed by atoms with Crippen molar-refractivity contribution in [1.82, 2.24) is 10.2 Å². The molecule has 1 aromatic heterocycles. The van der Waals surface area contributed by atoms with Gasteiger partial charge in [0.25, 0.3) is 0 Å². The minimum atomic E-state index is -0.292. The first-order valence-corrected chi connectivity index (χ1v) is 9.06. The summed E-state index contributed by atoms with van der Waals surface area (Å²) in [7, 11) is 0. The molecule has 0 spiro atoms. The highest BCUT2D eigenvalue weighted by Crippen LogP contribution is 2.30. The number of nitrogens with one attached hydrogen (secondary N) is 1. The summed E-state index contributed by atoms with van der Waals surface area (Å²) in [4.78, 5) is 26.9. The van der Waals surface area contributed by atoms with Crippen LogP contribution >= 0.6 is 0 Å². The number of carbonyl (C=O) groups is 2. The Balaban J connectivity index is 1.60. The molecule has 0 saturated carbocycles. The van der Waals surface area contributed by atoms with Crippen molar-refractivity contribution >= 4 is 22.8 Å². The van der Waals surface area contributed by atoms with Gasteiger partial charge >= 0.3 is 0 Å². The van der Waals surface area contributed by atoms with E-state index in [2.05, 4.69) is 25.2 Å². The van der Waals surface area contributed by atoms with Crippen molar-refractivity contribution in [2.45, 2.75) is 33.2 Å². The second kappa shape index (κ2) is 6.43. The lowest BCUT2D eigenvalue weighted by atomic mass is 9.98. The zero-order valence-corrected chi connectivity index (χ0v) is 15.4. The number of rotatable bonds is 2. The van der Waals surface area contributed by atoms with Crippen LogP contribution in [0.25, 0.3) is 11.0 Å². The Morgan fingerprint density at radius 3 is 2.85 bits per heavy atom. The zero-order valence-electron chi connectivity index (χ0n) is 15.4. The van der Waals surface area contributed by atoms with E-state index in [-0.39, 0.29) is 30.2 Å². The molecule has 0 radical (unpaired) electrons. The number of aryl methyl sites for hydroxylation is 3. The van der Waals surface area contributed by atoms with Crippen molar-refractivity contribution in [3.05, 3.63) is 34.6 Å². The Hall–Kier alpha value is -2.34. The average Bonchev–Trinajstić information content (AvgIpc) is 2.82. The molecular weight excluding hydrogens is 332 g/mol. The highest BCUT2D eigenvalue weighted by atomic mass is 16.5. The van der Waals surface area contributed by atoms with Gasteiger partial charge in [0.15, 0.2) is 0 Å². The standard InChI is InChI=1S/C20H24N2O4/c1-11-4-12(2)18-14(9-26-19(18)13(11)3)5-17(23)22-6-15-8-25-10-16(7-22)21-20(15)24/h4,9,15-16H,5-8,10H2,1-3H3,(H,21,24)/t15-,16+/m1/s1. The SMILES string of the molecule is Cc1cc(C)c2c(CC(=O)N3C[C@H]4COC[C@@H](C3)C(=O)N4)coc2c1C. The zero-order chi connectivity index (χ0) is 18.4. The van der Waals surface area contributed by atoms with E-state index in [1.807, 2.05) is 6.92 Å². The molecule has 6 nitrogen and oxygen atoms in total. The normalized spacial score (nSPS) is 23.0. The molecule has 2 saturated heterocycles. The van der Waals surface area contributed by atoms with E-state index in [0.29, 0.717) is 26.3 Å². The van der Waals surface area contributed by atoms with Crippen LogP contribution in [0.3, 0.4) is 0 Å². The molecular formula is C20H24N2O4. The van der Waals surface area contributed by atoms with E-state index in [1.54, 1.807) is 11.2 Å². The minimum absolute atomic E-state index is 0.0153.